The second kappa shape index (κ2) is 7.69. The lowest BCUT2D eigenvalue weighted by atomic mass is 10.0. The van der Waals surface area contributed by atoms with Crippen molar-refractivity contribution in [2.24, 2.45) is 5.92 Å². The van der Waals surface area contributed by atoms with Crippen LogP contribution in [0.15, 0.2) is 0 Å². The zero-order valence-corrected chi connectivity index (χ0v) is 10.9. The summed E-state index contributed by atoms with van der Waals surface area (Å²) in [5.74, 6) is 0.955. The Bertz CT molecular complexity index is 180. The van der Waals surface area contributed by atoms with Gasteiger partial charge in [-0.15, -0.1) is 0 Å². The van der Waals surface area contributed by atoms with E-state index in [9.17, 15) is 4.79 Å². The summed E-state index contributed by atoms with van der Waals surface area (Å²) in [6, 6.07) is 0. The van der Waals surface area contributed by atoms with Crippen molar-refractivity contribution in [1.82, 2.24) is 9.80 Å². The van der Waals surface area contributed by atoms with Crippen LogP contribution in [0.25, 0.3) is 0 Å². The third-order valence-electron chi connectivity index (χ3n) is 2.46. The Morgan fingerprint density at radius 2 is 2.00 bits per heavy atom. The van der Waals surface area contributed by atoms with E-state index in [4.69, 9.17) is 0 Å². The average Bonchev–Trinajstić information content (AvgIpc) is 2.20. The lowest BCUT2D eigenvalue weighted by Gasteiger charge is -2.31. The fraction of sp³-hybridized carbons (Fsp3) is 0.917. The van der Waals surface area contributed by atoms with Gasteiger partial charge in [0.1, 0.15) is 0 Å². The van der Waals surface area contributed by atoms with Crippen LogP contribution < -0.4 is 0 Å². The third kappa shape index (κ3) is 5.78. The molecule has 1 heterocycles. The average molecular weight is 214 g/mol. The molecule has 0 bridgehead atoms. The summed E-state index contributed by atoms with van der Waals surface area (Å²) in [4.78, 5) is 15.6. The van der Waals surface area contributed by atoms with Crippen molar-refractivity contribution >= 4 is 5.91 Å². The molecule has 0 aromatic carbocycles. The van der Waals surface area contributed by atoms with E-state index in [2.05, 4.69) is 6.92 Å². The molecule has 3 heteroatoms. The summed E-state index contributed by atoms with van der Waals surface area (Å²) in [7, 11) is 3.87. The summed E-state index contributed by atoms with van der Waals surface area (Å²) >= 11 is 0. The maximum Gasteiger partial charge on any atom is 0.236 e. The minimum Gasteiger partial charge on any atom is -0.341 e. The van der Waals surface area contributed by atoms with Crippen molar-refractivity contribution in [2.75, 3.05) is 33.7 Å². The van der Waals surface area contributed by atoms with Gasteiger partial charge < -0.3 is 9.80 Å². The molecule has 0 aromatic rings. The molecule has 1 aliphatic heterocycles. The number of likely N-dealkylation sites (N-methyl/N-ethyl adjacent to an activating group) is 1. The number of likely N-dealkylation sites (tertiary alicyclic amines) is 1. The van der Waals surface area contributed by atoms with Gasteiger partial charge in [0.25, 0.3) is 0 Å². The molecule has 1 atom stereocenters. The molecule has 1 aliphatic rings. The van der Waals surface area contributed by atoms with Gasteiger partial charge in [-0.05, 0) is 32.9 Å². The number of hydrogen-bond donors (Lipinski definition) is 0. The molecule has 1 unspecified atom stereocenters. The first kappa shape index (κ1) is 14.4. The number of carbonyl (C=O) groups is 1. The minimum absolute atomic E-state index is 0.275. The molecule has 0 aromatic heterocycles. The van der Waals surface area contributed by atoms with E-state index in [1.54, 1.807) is 0 Å². The normalized spacial score (nSPS) is 20.9. The van der Waals surface area contributed by atoms with Gasteiger partial charge in [0.2, 0.25) is 5.91 Å². The highest BCUT2D eigenvalue weighted by atomic mass is 16.2. The van der Waals surface area contributed by atoms with Gasteiger partial charge in [0.15, 0.2) is 0 Å². The van der Waals surface area contributed by atoms with Crippen LogP contribution in [0.2, 0.25) is 0 Å². The number of piperidine rings is 1. The summed E-state index contributed by atoms with van der Waals surface area (Å²) < 4.78 is 0. The summed E-state index contributed by atoms with van der Waals surface area (Å²) in [6.45, 7) is 8.67. The van der Waals surface area contributed by atoms with Gasteiger partial charge in [-0.2, -0.15) is 0 Å². The zero-order valence-electron chi connectivity index (χ0n) is 10.9. The molecule has 1 amide bonds. The SMILES string of the molecule is CC.CC1CCCN(C(=O)CN(C)C)C1. The predicted octanol–water partition coefficient (Wildman–Crippen LogP) is 1.83. The molecule has 90 valence electrons. The Labute approximate surface area is 94.4 Å². The van der Waals surface area contributed by atoms with Crippen LogP contribution in [0, 0.1) is 5.92 Å². The second-order valence-corrected chi connectivity index (χ2v) is 4.32. The van der Waals surface area contributed by atoms with Crippen molar-refractivity contribution in [3.05, 3.63) is 0 Å². The lowest BCUT2D eigenvalue weighted by molar-refractivity contribution is -0.133. The fourth-order valence-electron chi connectivity index (χ4n) is 1.79. The summed E-state index contributed by atoms with van der Waals surface area (Å²) in [5, 5.41) is 0. The maximum absolute atomic E-state index is 11.6. The first-order chi connectivity index (χ1) is 7.09. The third-order valence-corrected chi connectivity index (χ3v) is 2.46. The highest BCUT2D eigenvalue weighted by Crippen LogP contribution is 2.15. The first-order valence-corrected chi connectivity index (χ1v) is 6.02. The Morgan fingerprint density at radius 1 is 1.40 bits per heavy atom. The van der Waals surface area contributed by atoms with Gasteiger partial charge in [0.05, 0.1) is 6.54 Å². The minimum atomic E-state index is 0.275. The highest BCUT2D eigenvalue weighted by molar-refractivity contribution is 5.78. The number of amides is 1. The molecule has 1 fully saturated rings. The second-order valence-electron chi connectivity index (χ2n) is 4.32. The standard InChI is InChI=1S/C10H20N2O.C2H6/c1-9-5-4-6-12(7-9)10(13)8-11(2)3;1-2/h9H,4-8H2,1-3H3;1-2H3. The van der Waals surface area contributed by atoms with Crippen LogP contribution in [-0.4, -0.2) is 49.4 Å². The van der Waals surface area contributed by atoms with Crippen LogP contribution in [0.5, 0.6) is 0 Å². The molecule has 15 heavy (non-hydrogen) atoms. The highest BCUT2D eigenvalue weighted by Gasteiger charge is 2.20. The van der Waals surface area contributed by atoms with Crippen molar-refractivity contribution in [1.29, 1.82) is 0 Å². The van der Waals surface area contributed by atoms with E-state index in [0.29, 0.717) is 12.5 Å². The van der Waals surface area contributed by atoms with Crippen LogP contribution in [0.1, 0.15) is 33.6 Å². The summed E-state index contributed by atoms with van der Waals surface area (Å²) in [6.07, 6.45) is 2.44. The monoisotopic (exact) mass is 214 g/mol. The Hall–Kier alpha value is -0.570. The van der Waals surface area contributed by atoms with Gasteiger partial charge in [-0.25, -0.2) is 0 Å². The van der Waals surface area contributed by atoms with Crippen molar-refractivity contribution in [3.63, 3.8) is 0 Å². The van der Waals surface area contributed by atoms with Gasteiger partial charge in [0, 0.05) is 13.1 Å². The molecule has 0 aliphatic carbocycles. The molecule has 0 radical (unpaired) electrons. The number of hydrogen-bond acceptors (Lipinski definition) is 2. The number of carbonyl (C=O) groups excluding carboxylic acids is 1. The smallest absolute Gasteiger partial charge is 0.236 e. The number of rotatable bonds is 2. The van der Waals surface area contributed by atoms with E-state index in [1.165, 1.54) is 12.8 Å². The molecule has 3 nitrogen and oxygen atoms in total. The van der Waals surface area contributed by atoms with E-state index < -0.39 is 0 Å². The van der Waals surface area contributed by atoms with Crippen LogP contribution in [0.3, 0.4) is 0 Å². The predicted molar refractivity (Wildman–Crippen MR) is 64.9 cm³/mol. The Balaban J connectivity index is 0.000000921. The topological polar surface area (TPSA) is 23.6 Å². The van der Waals surface area contributed by atoms with Gasteiger partial charge in [-0.1, -0.05) is 20.8 Å². The van der Waals surface area contributed by atoms with Crippen molar-refractivity contribution < 1.29 is 4.79 Å². The first-order valence-electron chi connectivity index (χ1n) is 6.02. The van der Waals surface area contributed by atoms with Crippen LogP contribution in [0.4, 0.5) is 0 Å². The fourth-order valence-corrected chi connectivity index (χ4v) is 1.79. The van der Waals surface area contributed by atoms with E-state index >= 15 is 0 Å². The van der Waals surface area contributed by atoms with Gasteiger partial charge in [-0.3, -0.25) is 4.79 Å². The molecule has 1 rings (SSSR count). The van der Waals surface area contributed by atoms with Crippen LogP contribution >= 0.6 is 0 Å². The molecule has 0 spiro atoms. The molecule has 0 saturated carbocycles. The zero-order chi connectivity index (χ0) is 11.8. The number of nitrogens with zero attached hydrogens (tertiary/aromatic N) is 2. The van der Waals surface area contributed by atoms with Crippen molar-refractivity contribution in [3.8, 4) is 0 Å². The van der Waals surface area contributed by atoms with Crippen molar-refractivity contribution in [2.45, 2.75) is 33.6 Å². The Morgan fingerprint density at radius 3 is 2.47 bits per heavy atom. The molecule has 0 N–H and O–H groups in total. The largest absolute Gasteiger partial charge is 0.341 e. The van der Waals surface area contributed by atoms with Crippen LogP contribution in [-0.2, 0) is 4.79 Å². The summed E-state index contributed by atoms with van der Waals surface area (Å²) in [5.41, 5.74) is 0. The van der Waals surface area contributed by atoms with E-state index in [-0.39, 0.29) is 5.91 Å². The molecular weight excluding hydrogens is 188 g/mol. The quantitative estimate of drug-likeness (QED) is 0.700. The Kier molecular flexibility index (Phi) is 7.39. The molecular formula is C12H26N2O. The van der Waals surface area contributed by atoms with E-state index in [1.807, 2.05) is 37.7 Å². The van der Waals surface area contributed by atoms with Gasteiger partial charge >= 0.3 is 0 Å². The van der Waals surface area contributed by atoms with E-state index in [0.717, 1.165) is 13.1 Å². The molecule has 1 saturated heterocycles. The lowest BCUT2D eigenvalue weighted by Crippen LogP contribution is -2.43. The maximum atomic E-state index is 11.6.